The maximum atomic E-state index is 11.4. The summed E-state index contributed by atoms with van der Waals surface area (Å²) in [4.78, 5) is 11.4. The molecular weight excluding hydrogens is 254 g/mol. The number of hydrogen-bond donors (Lipinski definition) is 0. The van der Waals surface area contributed by atoms with E-state index in [1.165, 1.54) is 11.8 Å². The van der Waals surface area contributed by atoms with Crippen molar-refractivity contribution in [1.29, 1.82) is 5.26 Å². The summed E-state index contributed by atoms with van der Waals surface area (Å²) < 4.78 is 11.7. The van der Waals surface area contributed by atoms with Crippen molar-refractivity contribution in [2.24, 2.45) is 7.05 Å². The van der Waals surface area contributed by atoms with E-state index in [-0.39, 0.29) is 12.5 Å². The van der Waals surface area contributed by atoms with Crippen molar-refractivity contribution in [3.63, 3.8) is 0 Å². The van der Waals surface area contributed by atoms with Crippen LogP contribution >= 0.6 is 11.8 Å². The zero-order valence-corrected chi connectivity index (χ0v) is 11.6. The van der Waals surface area contributed by atoms with Gasteiger partial charge in [0.15, 0.2) is 6.10 Å². The summed E-state index contributed by atoms with van der Waals surface area (Å²) in [5, 5.41) is 13.9. The smallest absolute Gasteiger partial charge is 0.347 e. The van der Waals surface area contributed by atoms with Crippen molar-refractivity contribution < 1.29 is 14.3 Å². The molecule has 0 spiro atoms. The van der Waals surface area contributed by atoms with Gasteiger partial charge in [-0.05, 0) is 20.1 Å². The molecule has 1 aromatic rings. The first kappa shape index (κ1) is 14.4. The van der Waals surface area contributed by atoms with Gasteiger partial charge in [-0.25, -0.2) is 4.79 Å². The topological polar surface area (TPSA) is 77.1 Å². The van der Waals surface area contributed by atoms with Crippen LogP contribution in [-0.4, -0.2) is 34.7 Å². The van der Waals surface area contributed by atoms with E-state index in [0.717, 1.165) is 0 Å². The highest BCUT2D eigenvalue weighted by Gasteiger charge is 2.22. The Hall–Kier alpha value is -1.68. The number of hydrogen-bond acceptors (Lipinski definition) is 6. The molecule has 0 aliphatic carbocycles. The monoisotopic (exact) mass is 269 g/mol. The second-order valence-corrected chi connectivity index (χ2v) is 4.23. The van der Waals surface area contributed by atoms with Gasteiger partial charge in [-0.3, -0.25) is 4.68 Å². The van der Waals surface area contributed by atoms with Gasteiger partial charge >= 0.3 is 5.97 Å². The van der Waals surface area contributed by atoms with Crippen LogP contribution in [-0.2, 0) is 16.6 Å². The molecule has 18 heavy (non-hydrogen) atoms. The molecule has 0 fully saturated rings. The maximum absolute atomic E-state index is 11.4. The van der Waals surface area contributed by atoms with Crippen LogP contribution in [0.4, 0.5) is 0 Å². The molecule has 0 aromatic carbocycles. The van der Waals surface area contributed by atoms with Gasteiger partial charge in [0.1, 0.15) is 16.7 Å². The lowest BCUT2D eigenvalue weighted by Gasteiger charge is -2.11. The number of ether oxygens (including phenoxy) is 2. The molecule has 0 bridgehead atoms. The molecule has 7 heteroatoms. The number of rotatable bonds is 5. The second-order valence-electron chi connectivity index (χ2n) is 3.44. The van der Waals surface area contributed by atoms with Gasteiger partial charge in [0, 0.05) is 7.05 Å². The zero-order valence-electron chi connectivity index (χ0n) is 10.8. The highest BCUT2D eigenvalue weighted by molar-refractivity contribution is 7.98. The Kier molecular flexibility index (Phi) is 5.04. The first-order chi connectivity index (χ1) is 8.54. The molecule has 0 radical (unpaired) electrons. The summed E-state index contributed by atoms with van der Waals surface area (Å²) >= 11 is 1.39. The van der Waals surface area contributed by atoms with E-state index in [4.69, 9.17) is 14.7 Å². The van der Waals surface area contributed by atoms with E-state index in [1.807, 2.05) is 12.3 Å². The summed E-state index contributed by atoms with van der Waals surface area (Å²) in [7, 11) is 1.72. The molecule has 0 aliphatic rings. The predicted molar refractivity (Wildman–Crippen MR) is 66.4 cm³/mol. The lowest BCUT2D eigenvalue weighted by molar-refractivity contribution is -0.150. The Bertz CT molecular complexity index is 479. The first-order valence-corrected chi connectivity index (χ1v) is 6.62. The Labute approximate surface area is 110 Å². The van der Waals surface area contributed by atoms with Crippen LogP contribution in [0.2, 0.25) is 0 Å². The summed E-state index contributed by atoms with van der Waals surface area (Å²) in [6, 6.07) is 2.03. The molecule has 1 rings (SSSR count). The number of nitriles is 1. The van der Waals surface area contributed by atoms with Crippen molar-refractivity contribution >= 4 is 17.7 Å². The molecule has 98 valence electrons. The van der Waals surface area contributed by atoms with Crippen LogP contribution in [0.1, 0.15) is 19.4 Å². The van der Waals surface area contributed by atoms with Gasteiger partial charge in [-0.15, -0.1) is 16.9 Å². The molecule has 0 saturated carbocycles. The van der Waals surface area contributed by atoms with E-state index in [9.17, 15) is 4.79 Å². The third kappa shape index (κ3) is 2.96. The number of carbonyl (C=O) groups excluding carboxylic acids is 1. The highest BCUT2D eigenvalue weighted by Crippen LogP contribution is 2.27. The lowest BCUT2D eigenvalue weighted by Crippen LogP contribution is -2.26. The Morgan fingerprint density at radius 2 is 2.33 bits per heavy atom. The van der Waals surface area contributed by atoms with Gasteiger partial charge in [-0.2, -0.15) is 5.26 Å². The highest BCUT2D eigenvalue weighted by atomic mass is 32.2. The number of esters is 1. The van der Waals surface area contributed by atoms with Gasteiger partial charge in [0.25, 0.3) is 5.88 Å². The SMILES string of the molecule is CCOC(=O)C(C)Oc1nn(C)c(SC)c1C#N. The zero-order chi connectivity index (χ0) is 13.7. The van der Waals surface area contributed by atoms with E-state index < -0.39 is 12.1 Å². The van der Waals surface area contributed by atoms with E-state index in [0.29, 0.717) is 10.6 Å². The van der Waals surface area contributed by atoms with Gasteiger partial charge in [0.2, 0.25) is 0 Å². The molecular formula is C11H15N3O3S. The van der Waals surface area contributed by atoms with Crippen molar-refractivity contribution in [2.75, 3.05) is 12.9 Å². The average molecular weight is 269 g/mol. The minimum Gasteiger partial charge on any atom is -0.463 e. The Morgan fingerprint density at radius 1 is 1.67 bits per heavy atom. The van der Waals surface area contributed by atoms with Gasteiger partial charge in [-0.1, -0.05) is 0 Å². The molecule has 0 amide bonds. The third-order valence-electron chi connectivity index (χ3n) is 2.17. The van der Waals surface area contributed by atoms with Crippen LogP contribution in [0.15, 0.2) is 5.03 Å². The number of nitrogens with zero attached hydrogens (tertiary/aromatic N) is 3. The largest absolute Gasteiger partial charge is 0.463 e. The number of thioether (sulfide) groups is 1. The number of carbonyl (C=O) groups is 1. The summed E-state index contributed by atoms with van der Waals surface area (Å²) in [5.74, 6) is -0.317. The van der Waals surface area contributed by atoms with Gasteiger partial charge in [0.05, 0.1) is 6.61 Å². The Morgan fingerprint density at radius 3 is 2.83 bits per heavy atom. The van der Waals surface area contributed by atoms with Gasteiger partial charge < -0.3 is 9.47 Å². The Balaban J connectivity index is 2.92. The predicted octanol–water partition coefficient (Wildman–Crippen LogP) is 1.34. The maximum Gasteiger partial charge on any atom is 0.347 e. The van der Waals surface area contributed by atoms with Crippen molar-refractivity contribution in [3.05, 3.63) is 5.56 Å². The van der Waals surface area contributed by atoms with E-state index >= 15 is 0 Å². The standard InChI is InChI=1S/C11H15N3O3S/c1-5-16-11(15)7(2)17-9-8(6-12)10(18-4)14(3)13-9/h7H,5H2,1-4H3. The summed E-state index contributed by atoms with van der Waals surface area (Å²) in [6.45, 7) is 3.57. The molecule has 0 saturated heterocycles. The van der Waals surface area contributed by atoms with Crippen LogP contribution in [0.3, 0.4) is 0 Å². The number of aryl methyl sites for hydroxylation is 1. The van der Waals surface area contributed by atoms with Crippen LogP contribution in [0.25, 0.3) is 0 Å². The van der Waals surface area contributed by atoms with E-state index in [1.54, 1.807) is 25.6 Å². The van der Waals surface area contributed by atoms with Crippen LogP contribution in [0, 0.1) is 11.3 Å². The quantitative estimate of drug-likeness (QED) is 0.593. The number of aromatic nitrogens is 2. The fourth-order valence-corrected chi connectivity index (χ4v) is 2.01. The fraction of sp³-hybridized carbons (Fsp3) is 0.545. The lowest BCUT2D eigenvalue weighted by atomic mass is 10.3. The molecule has 1 aromatic heterocycles. The van der Waals surface area contributed by atoms with Crippen molar-refractivity contribution in [1.82, 2.24) is 9.78 Å². The summed E-state index contributed by atoms with van der Waals surface area (Å²) in [5.41, 5.74) is 0.334. The second kappa shape index (κ2) is 6.31. The van der Waals surface area contributed by atoms with Crippen LogP contribution in [0.5, 0.6) is 5.88 Å². The minimum atomic E-state index is -0.790. The van der Waals surface area contributed by atoms with Crippen LogP contribution < -0.4 is 4.74 Å². The van der Waals surface area contributed by atoms with Crippen molar-refractivity contribution in [3.8, 4) is 11.9 Å². The molecule has 1 heterocycles. The fourth-order valence-electron chi connectivity index (χ4n) is 1.37. The molecule has 1 unspecified atom stereocenters. The molecule has 0 aliphatic heterocycles. The molecule has 6 nitrogen and oxygen atoms in total. The minimum absolute atomic E-state index is 0.157. The van der Waals surface area contributed by atoms with Crippen molar-refractivity contribution in [2.45, 2.75) is 25.0 Å². The van der Waals surface area contributed by atoms with E-state index in [2.05, 4.69) is 5.10 Å². The molecule has 1 atom stereocenters. The summed E-state index contributed by atoms with van der Waals surface area (Å²) in [6.07, 6.45) is 1.05. The normalized spacial score (nSPS) is 11.7. The average Bonchev–Trinajstić information content (AvgIpc) is 2.64. The molecule has 0 N–H and O–H groups in total. The third-order valence-corrected chi connectivity index (χ3v) is 3.03. The first-order valence-electron chi connectivity index (χ1n) is 5.39.